The summed E-state index contributed by atoms with van der Waals surface area (Å²) >= 11 is 0. The number of hydrogen-bond acceptors (Lipinski definition) is 2. The Labute approximate surface area is 99.7 Å². The van der Waals surface area contributed by atoms with Gasteiger partial charge >= 0.3 is 6.03 Å². The maximum absolute atomic E-state index is 11.1. The van der Waals surface area contributed by atoms with E-state index in [1.165, 1.54) is 0 Å². The number of carbonyl (C=O) groups is 1. The van der Waals surface area contributed by atoms with Crippen molar-refractivity contribution >= 4 is 11.7 Å². The topological polar surface area (TPSA) is 54.0 Å². The number of hydrogen-bond donors (Lipinski definition) is 2. The normalized spacial score (nSPS) is 9.71. The van der Waals surface area contributed by atoms with E-state index in [9.17, 15) is 4.79 Å². The van der Waals surface area contributed by atoms with Crippen LogP contribution in [0.1, 0.15) is 0 Å². The monoisotopic (exact) mass is 227 g/mol. The second kappa shape index (κ2) is 5.12. The van der Waals surface area contributed by atoms with Crippen molar-refractivity contribution in [1.82, 2.24) is 10.3 Å². The van der Waals surface area contributed by atoms with Gasteiger partial charge in [-0.2, -0.15) is 0 Å². The van der Waals surface area contributed by atoms with E-state index in [1.807, 2.05) is 36.4 Å². The second-order valence-corrected chi connectivity index (χ2v) is 3.52. The molecule has 17 heavy (non-hydrogen) atoms. The molecule has 2 N–H and O–H groups in total. The van der Waals surface area contributed by atoms with E-state index in [2.05, 4.69) is 15.6 Å². The summed E-state index contributed by atoms with van der Waals surface area (Å²) in [6, 6.07) is 11.3. The molecular weight excluding hydrogens is 214 g/mol. The predicted molar refractivity (Wildman–Crippen MR) is 67.8 cm³/mol. The maximum atomic E-state index is 11.1. The summed E-state index contributed by atoms with van der Waals surface area (Å²) in [5, 5.41) is 5.21. The van der Waals surface area contributed by atoms with Gasteiger partial charge in [-0.05, 0) is 35.4 Å². The molecule has 4 nitrogen and oxygen atoms in total. The minimum atomic E-state index is -0.221. The third-order valence-corrected chi connectivity index (χ3v) is 2.38. The number of urea groups is 1. The standard InChI is InChI=1S/C13H13N3O/c1-14-13(17)16-12-4-2-10(3-5-12)11-6-8-15-9-7-11/h2-9H,1H3,(H2,14,16,17). The molecule has 1 heterocycles. The summed E-state index contributed by atoms with van der Waals surface area (Å²) in [5.74, 6) is 0. The number of rotatable bonds is 2. The Kier molecular flexibility index (Phi) is 3.35. The maximum Gasteiger partial charge on any atom is 0.318 e. The number of pyridine rings is 1. The fraction of sp³-hybridized carbons (Fsp3) is 0.0769. The molecule has 0 bridgehead atoms. The van der Waals surface area contributed by atoms with E-state index < -0.39 is 0 Å². The Morgan fingerprint density at radius 1 is 1.00 bits per heavy atom. The summed E-state index contributed by atoms with van der Waals surface area (Å²) in [4.78, 5) is 15.1. The van der Waals surface area contributed by atoms with Gasteiger partial charge in [-0.1, -0.05) is 12.1 Å². The van der Waals surface area contributed by atoms with Crippen LogP contribution in [-0.4, -0.2) is 18.1 Å². The van der Waals surface area contributed by atoms with E-state index in [1.54, 1.807) is 19.4 Å². The minimum Gasteiger partial charge on any atom is -0.341 e. The second-order valence-electron chi connectivity index (χ2n) is 3.52. The van der Waals surface area contributed by atoms with Gasteiger partial charge in [0.15, 0.2) is 0 Å². The van der Waals surface area contributed by atoms with Crippen LogP contribution in [0, 0.1) is 0 Å². The quantitative estimate of drug-likeness (QED) is 0.828. The average Bonchev–Trinajstić information content (AvgIpc) is 2.40. The highest BCUT2D eigenvalue weighted by Crippen LogP contribution is 2.20. The Balaban J connectivity index is 2.16. The third kappa shape index (κ3) is 2.81. The number of benzene rings is 1. The lowest BCUT2D eigenvalue weighted by Crippen LogP contribution is -2.24. The van der Waals surface area contributed by atoms with Crippen molar-refractivity contribution < 1.29 is 4.79 Å². The van der Waals surface area contributed by atoms with Crippen LogP contribution in [0.4, 0.5) is 10.5 Å². The molecule has 0 atom stereocenters. The molecule has 0 aliphatic rings. The van der Waals surface area contributed by atoms with Gasteiger partial charge in [0.25, 0.3) is 0 Å². The lowest BCUT2D eigenvalue weighted by Gasteiger charge is -2.05. The first-order chi connectivity index (χ1) is 8.29. The van der Waals surface area contributed by atoms with Crippen LogP contribution in [0.5, 0.6) is 0 Å². The average molecular weight is 227 g/mol. The molecule has 0 spiro atoms. The van der Waals surface area contributed by atoms with Crippen molar-refractivity contribution in [1.29, 1.82) is 0 Å². The van der Waals surface area contributed by atoms with Crippen LogP contribution in [0.3, 0.4) is 0 Å². The van der Waals surface area contributed by atoms with Gasteiger partial charge in [0.1, 0.15) is 0 Å². The predicted octanol–water partition coefficient (Wildman–Crippen LogP) is 2.50. The van der Waals surface area contributed by atoms with Gasteiger partial charge in [0.2, 0.25) is 0 Å². The summed E-state index contributed by atoms with van der Waals surface area (Å²) < 4.78 is 0. The number of aromatic nitrogens is 1. The molecule has 0 aliphatic carbocycles. The van der Waals surface area contributed by atoms with Gasteiger partial charge < -0.3 is 10.6 Å². The summed E-state index contributed by atoms with van der Waals surface area (Å²) in [5.41, 5.74) is 2.96. The number of carbonyl (C=O) groups excluding carboxylic acids is 1. The van der Waals surface area contributed by atoms with E-state index in [-0.39, 0.29) is 6.03 Å². The molecular formula is C13H13N3O. The van der Waals surface area contributed by atoms with Crippen LogP contribution < -0.4 is 10.6 Å². The fourth-order valence-corrected chi connectivity index (χ4v) is 1.48. The molecule has 0 unspecified atom stereocenters. The van der Waals surface area contributed by atoms with Crippen LogP contribution >= 0.6 is 0 Å². The zero-order valence-electron chi connectivity index (χ0n) is 9.47. The van der Waals surface area contributed by atoms with Gasteiger partial charge in [-0.15, -0.1) is 0 Å². The first-order valence-corrected chi connectivity index (χ1v) is 5.29. The van der Waals surface area contributed by atoms with E-state index in [0.29, 0.717) is 0 Å². The van der Waals surface area contributed by atoms with E-state index >= 15 is 0 Å². The van der Waals surface area contributed by atoms with E-state index in [4.69, 9.17) is 0 Å². The molecule has 0 aliphatic heterocycles. The Morgan fingerprint density at radius 2 is 1.59 bits per heavy atom. The molecule has 4 heteroatoms. The van der Waals surface area contributed by atoms with Crippen molar-refractivity contribution in [3.63, 3.8) is 0 Å². The Hall–Kier alpha value is -2.36. The Morgan fingerprint density at radius 3 is 2.18 bits per heavy atom. The number of amides is 2. The molecule has 0 saturated carbocycles. The zero-order chi connectivity index (χ0) is 12.1. The van der Waals surface area contributed by atoms with Gasteiger partial charge in [0.05, 0.1) is 0 Å². The Bertz CT molecular complexity index is 494. The summed E-state index contributed by atoms with van der Waals surface area (Å²) in [7, 11) is 1.58. The molecule has 86 valence electrons. The van der Waals surface area contributed by atoms with Crippen molar-refractivity contribution in [3.05, 3.63) is 48.8 Å². The number of anilines is 1. The van der Waals surface area contributed by atoms with E-state index in [0.717, 1.165) is 16.8 Å². The minimum absolute atomic E-state index is 0.221. The highest BCUT2D eigenvalue weighted by molar-refractivity contribution is 5.89. The SMILES string of the molecule is CNC(=O)Nc1ccc(-c2ccncc2)cc1. The lowest BCUT2D eigenvalue weighted by molar-refractivity contribution is 0.254. The molecule has 2 aromatic rings. The highest BCUT2D eigenvalue weighted by atomic mass is 16.2. The summed E-state index contributed by atoms with van der Waals surface area (Å²) in [6.07, 6.45) is 3.51. The molecule has 2 rings (SSSR count). The largest absolute Gasteiger partial charge is 0.341 e. The van der Waals surface area contributed by atoms with Crippen molar-refractivity contribution in [2.45, 2.75) is 0 Å². The van der Waals surface area contributed by atoms with Gasteiger partial charge in [-0.3, -0.25) is 4.98 Å². The smallest absolute Gasteiger partial charge is 0.318 e. The van der Waals surface area contributed by atoms with Crippen LogP contribution in [-0.2, 0) is 0 Å². The first kappa shape index (κ1) is 11.1. The van der Waals surface area contributed by atoms with Crippen molar-refractivity contribution in [2.75, 3.05) is 12.4 Å². The molecule has 1 aromatic carbocycles. The van der Waals surface area contributed by atoms with Crippen LogP contribution in [0.2, 0.25) is 0 Å². The van der Waals surface area contributed by atoms with Crippen LogP contribution in [0.15, 0.2) is 48.8 Å². The van der Waals surface area contributed by atoms with Crippen molar-refractivity contribution in [3.8, 4) is 11.1 Å². The molecule has 1 aromatic heterocycles. The highest BCUT2D eigenvalue weighted by Gasteiger charge is 1.99. The first-order valence-electron chi connectivity index (χ1n) is 5.29. The molecule has 2 amide bonds. The fourth-order valence-electron chi connectivity index (χ4n) is 1.48. The molecule has 0 radical (unpaired) electrons. The van der Waals surface area contributed by atoms with Gasteiger partial charge in [0, 0.05) is 25.1 Å². The third-order valence-electron chi connectivity index (χ3n) is 2.38. The molecule has 0 fully saturated rings. The number of nitrogens with zero attached hydrogens (tertiary/aromatic N) is 1. The molecule has 0 saturated heterocycles. The van der Waals surface area contributed by atoms with Crippen LogP contribution in [0.25, 0.3) is 11.1 Å². The van der Waals surface area contributed by atoms with Gasteiger partial charge in [-0.25, -0.2) is 4.79 Å². The number of nitrogens with one attached hydrogen (secondary N) is 2. The van der Waals surface area contributed by atoms with Crippen molar-refractivity contribution in [2.24, 2.45) is 0 Å². The summed E-state index contributed by atoms with van der Waals surface area (Å²) in [6.45, 7) is 0. The zero-order valence-corrected chi connectivity index (χ0v) is 9.47. The lowest BCUT2D eigenvalue weighted by atomic mass is 10.1.